The van der Waals surface area contributed by atoms with Gasteiger partial charge in [-0.3, -0.25) is 0 Å². The van der Waals surface area contributed by atoms with Crippen molar-refractivity contribution in [3.63, 3.8) is 0 Å². The summed E-state index contributed by atoms with van der Waals surface area (Å²) < 4.78 is 30.3. The zero-order valence-corrected chi connectivity index (χ0v) is 13.8. The Morgan fingerprint density at radius 1 is 1.29 bits per heavy atom. The molecule has 2 N–H and O–H groups in total. The lowest BCUT2D eigenvalue weighted by Crippen LogP contribution is -2.29. The zero-order chi connectivity index (χ0) is 17.5. The molecule has 2 heterocycles. The minimum atomic E-state index is -2.72. The first-order chi connectivity index (χ1) is 11.3. The van der Waals surface area contributed by atoms with E-state index < -0.39 is 18.5 Å². The predicted molar refractivity (Wildman–Crippen MR) is 88.9 cm³/mol. The first-order valence-corrected chi connectivity index (χ1v) is 7.85. The van der Waals surface area contributed by atoms with E-state index in [0.29, 0.717) is 12.2 Å². The second kappa shape index (κ2) is 5.92. The zero-order valence-electron chi connectivity index (χ0n) is 13.8. The molecule has 3 rings (SSSR count). The second-order valence-electron chi connectivity index (χ2n) is 6.69. The molecule has 0 bridgehead atoms. The Balaban J connectivity index is 2.10. The third kappa shape index (κ3) is 2.77. The maximum absolute atomic E-state index is 12.7. The van der Waals surface area contributed by atoms with Gasteiger partial charge in [-0.1, -0.05) is 32.0 Å². The van der Waals surface area contributed by atoms with Crippen LogP contribution in [0.3, 0.4) is 0 Å². The normalized spacial score (nSPS) is 17.7. The number of halogens is 2. The van der Waals surface area contributed by atoms with Crippen LogP contribution in [0.15, 0.2) is 30.5 Å². The van der Waals surface area contributed by atoms with Crippen molar-refractivity contribution >= 4 is 22.4 Å². The summed E-state index contributed by atoms with van der Waals surface area (Å²) in [5.74, 6) is -0.763. The van der Waals surface area contributed by atoms with Crippen molar-refractivity contribution in [2.24, 2.45) is 0 Å². The molecule has 1 atom stereocenters. The average molecular weight is 334 g/mol. The molecule has 128 valence electrons. The summed E-state index contributed by atoms with van der Waals surface area (Å²) in [7, 11) is 0. The van der Waals surface area contributed by atoms with Crippen LogP contribution >= 0.6 is 0 Å². The van der Waals surface area contributed by atoms with E-state index in [-0.39, 0.29) is 11.0 Å². The molecule has 0 spiro atoms. The van der Waals surface area contributed by atoms with E-state index in [9.17, 15) is 13.6 Å². The van der Waals surface area contributed by atoms with Crippen LogP contribution in [-0.4, -0.2) is 30.0 Å². The Morgan fingerprint density at radius 3 is 2.71 bits per heavy atom. The number of ether oxygens (including phenoxy) is 1. The Labute approximate surface area is 138 Å². The number of aromatic nitrogens is 1. The summed E-state index contributed by atoms with van der Waals surface area (Å²) in [5, 5.41) is 4.11. The molecule has 0 aliphatic carbocycles. The maximum atomic E-state index is 12.7. The molecule has 0 fully saturated rings. The number of rotatable bonds is 3. The SMILES string of the molecule is CC(OC(=O)C1=CNCC(C)(C)c2c1[nH]c1ccccc21)C(F)F. The van der Waals surface area contributed by atoms with Crippen LogP contribution in [0.2, 0.25) is 0 Å². The van der Waals surface area contributed by atoms with Gasteiger partial charge in [0.15, 0.2) is 6.10 Å². The number of esters is 1. The summed E-state index contributed by atoms with van der Waals surface area (Å²) in [4.78, 5) is 15.7. The molecular formula is C18H20F2N2O2. The molecule has 2 aromatic rings. The highest BCUT2D eigenvalue weighted by molar-refractivity contribution is 6.18. The number of carbonyl (C=O) groups is 1. The van der Waals surface area contributed by atoms with Crippen molar-refractivity contribution in [3.8, 4) is 0 Å². The molecule has 6 heteroatoms. The molecule has 0 amide bonds. The third-order valence-electron chi connectivity index (χ3n) is 4.31. The van der Waals surface area contributed by atoms with Crippen molar-refractivity contribution in [2.45, 2.75) is 38.7 Å². The molecule has 1 aliphatic rings. The number of alkyl halides is 2. The van der Waals surface area contributed by atoms with E-state index in [4.69, 9.17) is 4.74 Å². The Hall–Kier alpha value is -2.37. The van der Waals surface area contributed by atoms with E-state index in [1.807, 2.05) is 24.3 Å². The lowest BCUT2D eigenvalue weighted by Gasteiger charge is -2.24. The molecule has 1 unspecified atom stereocenters. The number of carbonyl (C=O) groups excluding carboxylic acids is 1. The lowest BCUT2D eigenvalue weighted by atomic mass is 9.82. The van der Waals surface area contributed by atoms with Crippen molar-refractivity contribution in [1.82, 2.24) is 10.3 Å². The Morgan fingerprint density at radius 2 is 2.00 bits per heavy atom. The fourth-order valence-electron chi connectivity index (χ4n) is 3.06. The molecule has 1 aromatic heterocycles. The van der Waals surface area contributed by atoms with Gasteiger partial charge in [-0.15, -0.1) is 0 Å². The smallest absolute Gasteiger partial charge is 0.342 e. The van der Waals surface area contributed by atoms with Crippen molar-refractivity contribution in [3.05, 3.63) is 41.7 Å². The van der Waals surface area contributed by atoms with Gasteiger partial charge in [0.1, 0.15) is 0 Å². The molecule has 24 heavy (non-hydrogen) atoms. The van der Waals surface area contributed by atoms with Crippen LogP contribution in [0.1, 0.15) is 32.0 Å². The predicted octanol–water partition coefficient (Wildman–Crippen LogP) is 3.59. The van der Waals surface area contributed by atoms with Gasteiger partial charge in [-0.25, -0.2) is 13.6 Å². The molecule has 4 nitrogen and oxygen atoms in total. The van der Waals surface area contributed by atoms with Gasteiger partial charge in [0.25, 0.3) is 6.43 Å². The second-order valence-corrected chi connectivity index (χ2v) is 6.69. The summed E-state index contributed by atoms with van der Waals surface area (Å²) in [6.45, 7) is 5.94. The van der Waals surface area contributed by atoms with E-state index in [1.54, 1.807) is 6.20 Å². The molecule has 1 aliphatic heterocycles. The number of hydrogen-bond donors (Lipinski definition) is 2. The van der Waals surface area contributed by atoms with E-state index in [1.165, 1.54) is 6.92 Å². The largest absolute Gasteiger partial charge is 0.453 e. The number of H-pyrrole nitrogens is 1. The number of hydrogen-bond acceptors (Lipinski definition) is 3. The van der Waals surface area contributed by atoms with Gasteiger partial charge in [0, 0.05) is 29.1 Å². The monoisotopic (exact) mass is 334 g/mol. The van der Waals surface area contributed by atoms with Gasteiger partial charge in [-0.05, 0) is 18.6 Å². The lowest BCUT2D eigenvalue weighted by molar-refractivity contribution is -0.148. The van der Waals surface area contributed by atoms with Crippen molar-refractivity contribution in [2.75, 3.05) is 6.54 Å². The topological polar surface area (TPSA) is 54.1 Å². The number of nitrogens with one attached hydrogen (secondary N) is 2. The van der Waals surface area contributed by atoms with Gasteiger partial charge in [-0.2, -0.15) is 0 Å². The molecule has 0 saturated heterocycles. The summed E-state index contributed by atoms with van der Waals surface area (Å²) in [5.41, 5.74) is 2.49. The average Bonchev–Trinajstić information content (AvgIpc) is 2.84. The number of aromatic amines is 1. The standard InChI is InChI=1S/C18H20F2N2O2/c1-10(16(19)20)24-17(23)12-8-21-9-18(2,3)14-11-6-4-5-7-13(11)22-15(12)14/h4-8,10,16,21-22H,9H2,1-3H3. The molecule has 0 saturated carbocycles. The highest BCUT2D eigenvalue weighted by Gasteiger charge is 2.34. The Bertz CT molecular complexity index is 808. The number of fused-ring (bicyclic) bond motifs is 3. The van der Waals surface area contributed by atoms with Gasteiger partial charge in [0.2, 0.25) is 0 Å². The summed E-state index contributed by atoms with van der Waals surface area (Å²) in [6, 6.07) is 7.76. The van der Waals surface area contributed by atoms with Gasteiger partial charge < -0.3 is 15.0 Å². The van der Waals surface area contributed by atoms with Crippen LogP contribution in [0, 0.1) is 0 Å². The van der Waals surface area contributed by atoms with E-state index in [0.717, 1.165) is 16.5 Å². The first kappa shape index (κ1) is 16.5. The van der Waals surface area contributed by atoms with Crippen molar-refractivity contribution in [1.29, 1.82) is 0 Å². The third-order valence-corrected chi connectivity index (χ3v) is 4.31. The summed E-state index contributed by atoms with van der Waals surface area (Å²) >= 11 is 0. The maximum Gasteiger partial charge on any atom is 0.342 e. The minimum Gasteiger partial charge on any atom is -0.453 e. The van der Waals surface area contributed by atoms with Crippen LogP contribution in [0.5, 0.6) is 0 Å². The van der Waals surface area contributed by atoms with Crippen molar-refractivity contribution < 1.29 is 18.3 Å². The molecule has 1 aromatic carbocycles. The van der Waals surface area contributed by atoms with Crippen LogP contribution in [0.25, 0.3) is 16.5 Å². The van der Waals surface area contributed by atoms with Gasteiger partial charge in [0.05, 0.1) is 11.3 Å². The highest BCUT2D eigenvalue weighted by Crippen LogP contribution is 2.38. The van der Waals surface area contributed by atoms with Crippen LogP contribution < -0.4 is 5.32 Å². The van der Waals surface area contributed by atoms with E-state index in [2.05, 4.69) is 24.1 Å². The highest BCUT2D eigenvalue weighted by atomic mass is 19.3. The number of benzene rings is 1. The van der Waals surface area contributed by atoms with Crippen LogP contribution in [0.4, 0.5) is 8.78 Å². The molecular weight excluding hydrogens is 314 g/mol. The fourth-order valence-corrected chi connectivity index (χ4v) is 3.06. The van der Waals surface area contributed by atoms with E-state index >= 15 is 0 Å². The summed E-state index contributed by atoms with van der Waals surface area (Å²) in [6.07, 6.45) is -2.63. The van der Waals surface area contributed by atoms with Gasteiger partial charge >= 0.3 is 5.97 Å². The quantitative estimate of drug-likeness (QED) is 0.844. The van der Waals surface area contributed by atoms with Crippen LogP contribution in [-0.2, 0) is 14.9 Å². The fraction of sp³-hybridized carbons (Fsp3) is 0.389. The number of para-hydroxylation sites is 1. The first-order valence-electron chi connectivity index (χ1n) is 7.85. The molecule has 0 radical (unpaired) electrons. The Kier molecular flexibility index (Phi) is 4.07. The minimum absolute atomic E-state index is 0.235.